The molecule has 1 aromatic heterocycles. The van der Waals surface area contributed by atoms with Gasteiger partial charge in [-0.25, -0.2) is 9.78 Å². The molecular weight excluding hydrogens is 404 g/mol. The molecule has 3 rings (SSSR count). The number of aromatic nitrogens is 1. The van der Waals surface area contributed by atoms with Crippen LogP contribution in [0.25, 0.3) is 0 Å². The van der Waals surface area contributed by atoms with Crippen LogP contribution >= 0.6 is 11.6 Å². The van der Waals surface area contributed by atoms with Gasteiger partial charge in [0.2, 0.25) is 5.88 Å². The largest absolute Gasteiger partial charge is 0.495 e. The second-order valence-electron chi connectivity index (χ2n) is 7.08. The van der Waals surface area contributed by atoms with Crippen LogP contribution in [0.15, 0.2) is 24.3 Å². The van der Waals surface area contributed by atoms with Crippen molar-refractivity contribution in [2.75, 3.05) is 50.6 Å². The van der Waals surface area contributed by atoms with Crippen LogP contribution in [0.5, 0.6) is 11.6 Å². The fourth-order valence-corrected chi connectivity index (χ4v) is 3.85. The molecule has 1 aromatic carbocycles. The van der Waals surface area contributed by atoms with Crippen molar-refractivity contribution in [2.45, 2.75) is 26.7 Å². The minimum absolute atomic E-state index is 0.154. The third-order valence-electron chi connectivity index (χ3n) is 5.36. The van der Waals surface area contributed by atoms with Crippen LogP contribution < -0.4 is 19.7 Å². The number of amides is 2. The number of methoxy groups -OCH3 is 2. The van der Waals surface area contributed by atoms with E-state index in [-0.39, 0.29) is 6.03 Å². The zero-order valence-electron chi connectivity index (χ0n) is 18.0. The van der Waals surface area contributed by atoms with Gasteiger partial charge in [-0.05, 0) is 42.7 Å². The SMILES string of the molecule is CCc1cc(NC(=O)N2CCN(c3cc(Cl)ccc3OC)CC2)c(OC)nc1CC. The van der Waals surface area contributed by atoms with Gasteiger partial charge >= 0.3 is 6.03 Å². The number of hydrogen-bond acceptors (Lipinski definition) is 5. The highest BCUT2D eigenvalue weighted by molar-refractivity contribution is 6.30. The Balaban J connectivity index is 1.68. The highest BCUT2D eigenvalue weighted by Crippen LogP contribution is 2.32. The number of pyridine rings is 1. The van der Waals surface area contributed by atoms with E-state index in [1.165, 1.54) is 0 Å². The molecule has 2 heterocycles. The number of hydrogen-bond donors (Lipinski definition) is 1. The summed E-state index contributed by atoms with van der Waals surface area (Å²) < 4.78 is 10.9. The number of aryl methyl sites for hydroxylation is 2. The predicted octanol–water partition coefficient (Wildman–Crippen LogP) is 4.23. The molecule has 0 spiro atoms. The summed E-state index contributed by atoms with van der Waals surface area (Å²) in [6, 6.07) is 7.38. The van der Waals surface area contributed by atoms with Gasteiger partial charge in [0, 0.05) is 36.9 Å². The zero-order valence-corrected chi connectivity index (χ0v) is 18.8. The molecule has 0 aliphatic carbocycles. The van der Waals surface area contributed by atoms with Crippen LogP contribution in [-0.2, 0) is 12.8 Å². The Labute approximate surface area is 182 Å². The van der Waals surface area contributed by atoms with Crippen molar-refractivity contribution >= 4 is 29.0 Å². The van der Waals surface area contributed by atoms with Crippen LogP contribution in [0, 0.1) is 0 Å². The second kappa shape index (κ2) is 9.89. The Hall–Kier alpha value is -2.67. The summed E-state index contributed by atoms with van der Waals surface area (Å²) in [5.41, 5.74) is 3.66. The van der Waals surface area contributed by atoms with E-state index in [1.807, 2.05) is 24.3 Å². The van der Waals surface area contributed by atoms with Gasteiger partial charge in [0.1, 0.15) is 11.4 Å². The minimum Gasteiger partial charge on any atom is -0.495 e. The van der Waals surface area contributed by atoms with E-state index in [9.17, 15) is 4.79 Å². The molecule has 2 amide bonds. The van der Waals surface area contributed by atoms with E-state index >= 15 is 0 Å². The summed E-state index contributed by atoms with van der Waals surface area (Å²) in [5, 5.41) is 3.64. The molecule has 0 unspecified atom stereocenters. The third-order valence-corrected chi connectivity index (χ3v) is 5.59. The Morgan fingerprint density at radius 2 is 1.83 bits per heavy atom. The number of carbonyl (C=O) groups is 1. The van der Waals surface area contributed by atoms with Crippen LogP contribution in [0.4, 0.5) is 16.2 Å². The van der Waals surface area contributed by atoms with Gasteiger partial charge in [0.25, 0.3) is 0 Å². The van der Waals surface area contributed by atoms with Gasteiger partial charge < -0.3 is 24.6 Å². The van der Waals surface area contributed by atoms with Gasteiger partial charge in [-0.3, -0.25) is 0 Å². The quantitative estimate of drug-likeness (QED) is 0.739. The molecule has 30 heavy (non-hydrogen) atoms. The molecule has 1 saturated heterocycles. The predicted molar refractivity (Wildman–Crippen MR) is 120 cm³/mol. The van der Waals surface area contributed by atoms with Crippen LogP contribution in [0.1, 0.15) is 25.1 Å². The van der Waals surface area contributed by atoms with E-state index < -0.39 is 0 Å². The number of halogens is 1. The van der Waals surface area contributed by atoms with Crippen LogP contribution in [0.2, 0.25) is 5.02 Å². The number of rotatable bonds is 6. The first-order valence-electron chi connectivity index (χ1n) is 10.2. The first-order chi connectivity index (χ1) is 14.5. The summed E-state index contributed by atoms with van der Waals surface area (Å²) >= 11 is 6.16. The van der Waals surface area contributed by atoms with E-state index in [0.29, 0.717) is 42.8 Å². The lowest BCUT2D eigenvalue weighted by atomic mass is 10.1. The van der Waals surface area contributed by atoms with Crippen molar-refractivity contribution in [1.29, 1.82) is 0 Å². The number of anilines is 2. The van der Waals surface area contributed by atoms with Gasteiger partial charge in [-0.15, -0.1) is 0 Å². The molecule has 0 bridgehead atoms. The Morgan fingerprint density at radius 3 is 2.43 bits per heavy atom. The molecule has 8 heteroatoms. The molecule has 0 saturated carbocycles. The highest BCUT2D eigenvalue weighted by Gasteiger charge is 2.24. The van der Waals surface area contributed by atoms with Crippen molar-refractivity contribution < 1.29 is 14.3 Å². The molecule has 7 nitrogen and oxygen atoms in total. The Bertz CT molecular complexity index is 898. The van der Waals surface area contributed by atoms with Gasteiger partial charge in [0.15, 0.2) is 0 Å². The smallest absolute Gasteiger partial charge is 0.322 e. The highest BCUT2D eigenvalue weighted by atomic mass is 35.5. The number of urea groups is 1. The zero-order chi connectivity index (χ0) is 21.7. The van der Waals surface area contributed by atoms with Crippen LogP contribution in [0.3, 0.4) is 0 Å². The van der Waals surface area contributed by atoms with Crippen molar-refractivity contribution in [1.82, 2.24) is 9.88 Å². The Morgan fingerprint density at radius 1 is 1.10 bits per heavy atom. The molecule has 2 aromatic rings. The normalized spacial score (nSPS) is 13.9. The summed E-state index contributed by atoms with van der Waals surface area (Å²) in [6.07, 6.45) is 1.67. The number of nitrogens with one attached hydrogen (secondary N) is 1. The molecule has 0 atom stereocenters. The number of ether oxygens (including phenoxy) is 2. The average Bonchev–Trinajstić information content (AvgIpc) is 2.78. The van der Waals surface area contributed by atoms with Crippen molar-refractivity contribution in [2.24, 2.45) is 0 Å². The summed E-state index contributed by atoms with van der Waals surface area (Å²) in [7, 11) is 3.21. The average molecular weight is 433 g/mol. The summed E-state index contributed by atoms with van der Waals surface area (Å²) in [6.45, 7) is 6.70. The first kappa shape index (κ1) is 22.0. The minimum atomic E-state index is -0.154. The number of benzene rings is 1. The lowest BCUT2D eigenvalue weighted by molar-refractivity contribution is 0.208. The first-order valence-corrected chi connectivity index (χ1v) is 10.6. The number of carbonyl (C=O) groups excluding carboxylic acids is 1. The van der Waals surface area contributed by atoms with Crippen molar-refractivity contribution in [3.05, 3.63) is 40.5 Å². The maximum Gasteiger partial charge on any atom is 0.322 e. The van der Waals surface area contributed by atoms with Gasteiger partial charge in [-0.2, -0.15) is 0 Å². The molecular formula is C22H29ClN4O3. The standard InChI is InChI=1S/C22H29ClN4O3/c1-5-15-13-18(21(30-4)24-17(15)6-2)25-22(28)27-11-9-26(10-12-27)19-14-16(23)7-8-20(19)29-3/h7-8,13-14H,5-6,9-12H2,1-4H3,(H,25,28). The molecule has 162 valence electrons. The topological polar surface area (TPSA) is 66.9 Å². The maximum atomic E-state index is 12.9. The molecule has 1 aliphatic heterocycles. The van der Waals surface area contributed by atoms with Crippen LogP contribution in [-0.4, -0.2) is 56.3 Å². The molecule has 1 N–H and O–H groups in total. The molecule has 1 aliphatic rings. The maximum absolute atomic E-state index is 12.9. The fourth-order valence-electron chi connectivity index (χ4n) is 3.69. The molecule has 1 fully saturated rings. The van der Waals surface area contributed by atoms with E-state index in [0.717, 1.165) is 35.5 Å². The van der Waals surface area contributed by atoms with Crippen molar-refractivity contribution in [3.8, 4) is 11.6 Å². The lowest BCUT2D eigenvalue weighted by Gasteiger charge is -2.36. The Kier molecular flexibility index (Phi) is 7.26. The lowest BCUT2D eigenvalue weighted by Crippen LogP contribution is -2.50. The van der Waals surface area contributed by atoms with E-state index in [2.05, 4.69) is 29.0 Å². The monoisotopic (exact) mass is 432 g/mol. The summed E-state index contributed by atoms with van der Waals surface area (Å²) in [4.78, 5) is 21.4. The third kappa shape index (κ3) is 4.73. The number of nitrogens with zero attached hydrogens (tertiary/aromatic N) is 3. The van der Waals surface area contributed by atoms with Crippen molar-refractivity contribution in [3.63, 3.8) is 0 Å². The summed E-state index contributed by atoms with van der Waals surface area (Å²) in [5.74, 6) is 1.22. The number of piperazine rings is 1. The van der Waals surface area contributed by atoms with Gasteiger partial charge in [0.05, 0.1) is 19.9 Å². The van der Waals surface area contributed by atoms with Gasteiger partial charge in [-0.1, -0.05) is 25.4 Å². The molecule has 0 radical (unpaired) electrons. The van der Waals surface area contributed by atoms with E-state index in [4.69, 9.17) is 21.1 Å². The second-order valence-corrected chi connectivity index (χ2v) is 7.51. The fraction of sp³-hybridized carbons (Fsp3) is 0.455. The van der Waals surface area contributed by atoms with E-state index in [1.54, 1.807) is 19.1 Å².